The quantitative estimate of drug-likeness (QED) is 0.437. The summed E-state index contributed by atoms with van der Waals surface area (Å²) in [6.45, 7) is 5.15. The first-order valence-corrected chi connectivity index (χ1v) is 5.43. The van der Waals surface area contributed by atoms with E-state index >= 15 is 0 Å². The van der Waals surface area contributed by atoms with Gasteiger partial charge in [-0.15, -0.1) is 0 Å². The lowest BCUT2D eigenvalue weighted by atomic mass is 10.4. The van der Waals surface area contributed by atoms with Crippen molar-refractivity contribution in [2.45, 2.75) is 33.2 Å². The maximum absolute atomic E-state index is 11.0. The lowest BCUT2D eigenvalue weighted by molar-refractivity contribution is -0.136. The molecule has 0 saturated carbocycles. The molecule has 1 heterocycles. The van der Waals surface area contributed by atoms with Gasteiger partial charge in [-0.25, -0.2) is 9.78 Å². The minimum Gasteiger partial charge on any atom is -0.456 e. The van der Waals surface area contributed by atoms with E-state index in [0.29, 0.717) is 13.0 Å². The fraction of sp³-hybridized carbons (Fsp3) is 0.500. The number of esters is 1. The Morgan fingerprint density at radius 3 is 3.06 bits per heavy atom. The molecule has 0 amide bonds. The van der Waals surface area contributed by atoms with Crippen LogP contribution >= 0.6 is 0 Å². The normalized spacial score (nSPS) is 9.38. The van der Waals surface area contributed by atoms with Gasteiger partial charge in [0.15, 0.2) is 0 Å². The van der Waals surface area contributed by atoms with Crippen molar-refractivity contribution in [2.75, 3.05) is 6.61 Å². The number of rotatable bonds is 4. The average Bonchev–Trinajstić information content (AvgIpc) is 2.67. The zero-order valence-corrected chi connectivity index (χ0v) is 9.69. The maximum Gasteiger partial charge on any atom is 0.384 e. The van der Waals surface area contributed by atoms with E-state index in [2.05, 4.69) is 23.7 Å². The van der Waals surface area contributed by atoms with Gasteiger partial charge in [0.1, 0.15) is 5.82 Å². The summed E-state index contributed by atoms with van der Waals surface area (Å²) in [7, 11) is 0. The molecule has 0 unspecified atom stereocenters. The fourth-order valence-corrected chi connectivity index (χ4v) is 1.31. The predicted octanol–water partition coefficient (Wildman–Crippen LogP) is 1.40. The molecular formula is C12H16N2O2. The Morgan fingerprint density at radius 2 is 2.38 bits per heavy atom. The molecule has 0 spiro atoms. The van der Waals surface area contributed by atoms with Gasteiger partial charge in [0, 0.05) is 24.9 Å². The van der Waals surface area contributed by atoms with Crippen molar-refractivity contribution in [3.63, 3.8) is 0 Å². The Balaban J connectivity index is 2.53. The SMILES string of the molecule is CCCn1ccnc1CC#CC(=O)OCC. The fourth-order valence-electron chi connectivity index (χ4n) is 1.31. The zero-order chi connectivity index (χ0) is 11.8. The summed E-state index contributed by atoms with van der Waals surface area (Å²) in [5.41, 5.74) is 0. The molecule has 0 fully saturated rings. The van der Waals surface area contributed by atoms with Crippen molar-refractivity contribution < 1.29 is 9.53 Å². The Morgan fingerprint density at radius 1 is 1.56 bits per heavy atom. The predicted molar refractivity (Wildman–Crippen MR) is 60.6 cm³/mol. The molecule has 1 rings (SSSR count). The third kappa shape index (κ3) is 3.77. The van der Waals surface area contributed by atoms with E-state index in [1.54, 1.807) is 13.1 Å². The summed E-state index contributed by atoms with van der Waals surface area (Å²) in [6, 6.07) is 0. The van der Waals surface area contributed by atoms with E-state index in [0.717, 1.165) is 18.8 Å². The molecule has 0 aromatic carbocycles. The van der Waals surface area contributed by atoms with Gasteiger partial charge in [-0.05, 0) is 13.3 Å². The first kappa shape index (κ1) is 12.3. The second kappa shape index (κ2) is 6.67. The average molecular weight is 220 g/mol. The van der Waals surface area contributed by atoms with Crippen molar-refractivity contribution in [2.24, 2.45) is 0 Å². The highest BCUT2D eigenvalue weighted by Gasteiger charge is 1.99. The van der Waals surface area contributed by atoms with Gasteiger partial charge in [-0.3, -0.25) is 0 Å². The van der Waals surface area contributed by atoms with Crippen LogP contribution in [0.4, 0.5) is 0 Å². The molecule has 0 aliphatic heterocycles. The van der Waals surface area contributed by atoms with Gasteiger partial charge in [-0.2, -0.15) is 0 Å². The highest BCUT2D eigenvalue weighted by molar-refractivity contribution is 5.88. The summed E-state index contributed by atoms with van der Waals surface area (Å²) >= 11 is 0. The van der Waals surface area contributed by atoms with Crippen molar-refractivity contribution in [1.29, 1.82) is 0 Å². The van der Waals surface area contributed by atoms with Crippen molar-refractivity contribution in [1.82, 2.24) is 9.55 Å². The number of hydrogen-bond donors (Lipinski definition) is 0. The molecule has 0 radical (unpaired) electrons. The molecule has 0 aliphatic rings. The van der Waals surface area contributed by atoms with Crippen LogP contribution in [0.2, 0.25) is 0 Å². The van der Waals surface area contributed by atoms with Crippen LogP contribution in [0.15, 0.2) is 12.4 Å². The minimum absolute atomic E-state index is 0.359. The van der Waals surface area contributed by atoms with Crippen LogP contribution < -0.4 is 0 Å². The molecule has 4 heteroatoms. The number of imidazole rings is 1. The Hall–Kier alpha value is -1.76. The Labute approximate surface area is 95.6 Å². The lowest BCUT2D eigenvalue weighted by Crippen LogP contribution is -2.03. The summed E-state index contributed by atoms with van der Waals surface area (Å²) in [6.07, 6.45) is 5.20. The van der Waals surface area contributed by atoms with Crippen molar-refractivity contribution in [3.8, 4) is 11.8 Å². The van der Waals surface area contributed by atoms with Crippen molar-refractivity contribution >= 4 is 5.97 Å². The van der Waals surface area contributed by atoms with Gasteiger partial charge in [0.2, 0.25) is 0 Å². The standard InChI is InChI=1S/C12H16N2O2/c1-3-9-14-10-8-13-11(14)6-5-7-12(15)16-4-2/h8,10H,3-4,6,9H2,1-2H3. The lowest BCUT2D eigenvalue weighted by Gasteiger charge is -2.02. The van der Waals surface area contributed by atoms with Gasteiger partial charge in [-0.1, -0.05) is 12.8 Å². The molecule has 1 aromatic heterocycles. The maximum atomic E-state index is 11.0. The first-order chi connectivity index (χ1) is 7.77. The van der Waals surface area contributed by atoms with Crippen LogP contribution in [0.3, 0.4) is 0 Å². The molecule has 86 valence electrons. The van der Waals surface area contributed by atoms with E-state index < -0.39 is 5.97 Å². The smallest absolute Gasteiger partial charge is 0.384 e. The minimum atomic E-state index is -0.476. The van der Waals surface area contributed by atoms with Gasteiger partial charge in [0.25, 0.3) is 0 Å². The number of carbonyl (C=O) groups excluding carboxylic acids is 1. The number of nitrogens with zero attached hydrogens (tertiary/aromatic N) is 2. The topological polar surface area (TPSA) is 44.1 Å². The van der Waals surface area contributed by atoms with Crippen LogP contribution in [0, 0.1) is 11.8 Å². The van der Waals surface area contributed by atoms with Crippen LogP contribution in [0.5, 0.6) is 0 Å². The highest BCUT2D eigenvalue weighted by atomic mass is 16.5. The van der Waals surface area contributed by atoms with Crippen LogP contribution in [0.25, 0.3) is 0 Å². The van der Waals surface area contributed by atoms with Crippen LogP contribution in [-0.2, 0) is 22.5 Å². The van der Waals surface area contributed by atoms with E-state index in [1.807, 2.05) is 10.8 Å². The van der Waals surface area contributed by atoms with Gasteiger partial charge in [0.05, 0.1) is 13.0 Å². The zero-order valence-electron chi connectivity index (χ0n) is 9.69. The molecule has 0 atom stereocenters. The summed E-state index contributed by atoms with van der Waals surface area (Å²) in [5.74, 6) is 5.60. The third-order valence-electron chi connectivity index (χ3n) is 1.98. The number of carbonyl (C=O) groups is 1. The van der Waals surface area contributed by atoms with E-state index in [9.17, 15) is 4.79 Å². The van der Waals surface area contributed by atoms with Gasteiger partial charge >= 0.3 is 5.97 Å². The Bertz CT molecular complexity index is 399. The molecule has 16 heavy (non-hydrogen) atoms. The van der Waals surface area contributed by atoms with Crippen molar-refractivity contribution in [3.05, 3.63) is 18.2 Å². The number of hydrogen-bond acceptors (Lipinski definition) is 3. The summed E-state index contributed by atoms with van der Waals surface area (Å²) < 4.78 is 6.74. The summed E-state index contributed by atoms with van der Waals surface area (Å²) in [4.78, 5) is 15.1. The Kier molecular flexibility index (Phi) is 5.13. The molecule has 4 nitrogen and oxygen atoms in total. The first-order valence-electron chi connectivity index (χ1n) is 5.43. The van der Waals surface area contributed by atoms with E-state index in [1.165, 1.54) is 0 Å². The van der Waals surface area contributed by atoms with Crippen LogP contribution in [-0.4, -0.2) is 22.1 Å². The molecule has 1 aromatic rings. The summed E-state index contributed by atoms with van der Waals surface area (Å²) in [5, 5.41) is 0. The van der Waals surface area contributed by atoms with E-state index in [4.69, 9.17) is 4.74 Å². The monoisotopic (exact) mass is 220 g/mol. The number of aryl methyl sites for hydroxylation is 1. The second-order valence-corrected chi connectivity index (χ2v) is 3.24. The third-order valence-corrected chi connectivity index (χ3v) is 1.98. The number of aromatic nitrogens is 2. The number of ether oxygens (including phenoxy) is 1. The molecule has 0 bridgehead atoms. The molecule has 0 aliphatic carbocycles. The largest absolute Gasteiger partial charge is 0.456 e. The molecular weight excluding hydrogens is 204 g/mol. The molecule has 0 N–H and O–H groups in total. The van der Waals surface area contributed by atoms with Gasteiger partial charge < -0.3 is 9.30 Å². The molecule has 0 saturated heterocycles. The van der Waals surface area contributed by atoms with Crippen LogP contribution in [0.1, 0.15) is 26.1 Å². The highest BCUT2D eigenvalue weighted by Crippen LogP contribution is 1.99. The van der Waals surface area contributed by atoms with E-state index in [-0.39, 0.29) is 0 Å². The second-order valence-electron chi connectivity index (χ2n) is 3.24.